The highest BCUT2D eigenvalue weighted by Gasteiger charge is 2.19. The lowest BCUT2D eigenvalue weighted by atomic mass is 9.98. The number of amides is 1. The van der Waals surface area contributed by atoms with Crippen molar-refractivity contribution in [1.29, 1.82) is 0 Å². The van der Waals surface area contributed by atoms with Crippen LogP contribution in [0.2, 0.25) is 0 Å². The molecule has 1 aliphatic heterocycles. The fourth-order valence-electron chi connectivity index (χ4n) is 4.79. The Balaban J connectivity index is 1.12. The van der Waals surface area contributed by atoms with Gasteiger partial charge >= 0.3 is 0 Å². The predicted molar refractivity (Wildman–Crippen MR) is 139 cm³/mol. The van der Waals surface area contributed by atoms with E-state index in [4.69, 9.17) is 12.2 Å². The van der Waals surface area contributed by atoms with E-state index in [1.54, 1.807) is 16.7 Å². The molecule has 5 rings (SSSR count). The van der Waals surface area contributed by atoms with Crippen LogP contribution in [0.4, 0.5) is 4.39 Å². The lowest BCUT2D eigenvalue weighted by Gasteiger charge is -2.26. The average Bonchev–Trinajstić information content (AvgIpc) is 3.28. The molecule has 1 aliphatic rings. The summed E-state index contributed by atoms with van der Waals surface area (Å²) >= 11 is 5.37. The van der Waals surface area contributed by atoms with Crippen LogP contribution < -0.4 is 5.56 Å². The number of nitrogens with one attached hydrogen (secondary N) is 2. The molecule has 35 heavy (non-hydrogen) atoms. The summed E-state index contributed by atoms with van der Waals surface area (Å²) in [6.45, 7) is 1.81. The summed E-state index contributed by atoms with van der Waals surface area (Å²) < 4.78 is 15.5. The number of halogens is 1. The van der Waals surface area contributed by atoms with Crippen molar-refractivity contribution in [2.45, 2.75) is 38.6 Å². The van der Waals surface area contributed by atoms with E-state index in [2.05, 4.69) is 16.0 Å². The fourth-order valence-corrected chi connectivity index (χ4v) is 5.07. The minimum atomic E-state index is -0.257. The summed E-state index contributed by atoms with van der Waals surface area (Å²) in [6, 6.07) is 12.1. The van der Waals surface area contributed by atoms with Gasteiger partial charge in [-0.15, -0.1) is 0 Å². The van der Waals surface area contributed by atoms with Gasteiger partial charge in [0, 0.05) is 48.7 Å². The molecule has 0 aliphatic carbocycles. The molecule has 0 atom stereocenters. The van der Waals surface area contributed by atoms with Crippen molar-refractivity contribution in [2.24, 2.45) is 0 Å². The Bertz CT molecular complexity index is 1550. The molecule has 0 fully saturated rings. The number of H-pyrrole nitrogens is 2. The molecule has 0 radical (unpaired) electrons. The Morgan fingerprint density at radius 3 is 2.74 bits per heavy atom. The fraction of sp³-hybridized carbons (Fsp3) is 0.296. The first-order valence-corrected chi connectivity index (χ1v) is 12.4. The maximum Gasteiger partial charge on any atom is 0.262 e. The highest BCUT2D eigenvalue weighted by atomic mass is 32.1. The van der Waals surface area contributed by atoms with Gasteiger partial charge in [-0.2, -0.15) is 0 Å². The molecule has 8 heteroatoms. The van der Waals surface area contributed by atoms with E-state index in [0.29, 0.717) is 36.2 Å². The van der Waals surface area contributed by atoms with Gasteiger partial charge < -0.3 is 14.9 Å². The Morgan fingerprint density at radius 1 is 1.06 bits per heavy atom. The van der Waals surface area contributed by atoms with Crippen LogP contribution in [0, 0.1) is 10.6 Å². The monoisotopic (exact) mass is 490 g/mol. The molecule has 2 aromatic carbocycles. The molecule has 6 nitrogen and oxygen atoms in total. The van der Waals surface area contributed by atoms with Crippen molar-refractivity contribution in [3.63, 3.8) is 0 Å². The number of aromatic amines is 2. The molecule has 0 saturated heterocycles. The predicted octanol–water partition coefficient (Wildman–Crippen LogP) is 5.56. The summed E-state index contributed by atoms with van der Waals surface area (Å²) in [5.41, 5.74) is 3.73. The second-order valence-corrected chi connectivity index (χ2v) is 9.34. The zero-order valence-electron chi connectivity index (χ0n) is 19.4. The van der Waals surface area contributed by atoms with Crippen LogP contribution in [-0.4, -0.2) is 38.4 Å². The second kappa shape index (κ2) is 10.00. The number of rotatable bonds is 7. The number of hydrogen-bond donors (Lipinski definition) is 2. The molecule has 0 unspecified atom stereocenters. The highest BCUT2D eigenvalue weighted by Crippen LogP contribution is 2.29. The second-order valence-electron chi connectivity index (χ2n) is 8.95. The van der Waals surface area contributed by atoms with E-state index in [1.165, 1.54) is 17.7 Å². The molecule has 3 heterocycles. The van der Waals surface area contributed by atoms with Gasteiger partial charge in [-0.1, -0.05) is 24.6 Å². The van der Waals surface area contributed by atoms with Crippen LogP contribution >= 0.6 is 12.2 Å². The lowest BCUT2D eigenvalue weighted by molar-refractivity contribution is -0.130. The molecule has 4 aromatic rings. The topological polar surface area (TPSA) is 73.9 Å². The zero-order valence-corrected chi connectivity index (χ0v) is 20.2. The van der Waals surface area contributed by atoms with Crippen LogP contribution in [-0.2, 0) is 11.3 Å². The Morgan fingerprint density at radius 2 is 1.91 bits per heavy atom. The smallest absolute Gasteiger partial charge is 0.262 e. The molecule has 0 saturated carbocycles. The molecule has 2 aromatic heterocycles. The van der Waals surface area contributed by atoms with Gasteiger partial charge in [-0.05, 0) is 67.4 Å². The number of benzene rings is 2. The summed E-state index contributed by atoms with van der Waals surface area (Å²) in [6.07, 6.45) is 7.70. The first-order valence-electron chi connectivity index (χ1n) is 12.0. The zero-order chi connectivity index (χ0) is 24.4. The lowest BCUT2D eigenvalue weighted by Crippen LogP contribution is -2.34. The summed E-state index contributed by atoms with van der Waals surface area (Å²) in [5, 5.41) is 1.64. The van der Waals surface area contributed by atoms with E-state index >= 15 is 0 Å². The standard InChI is InChI=1S/C27H27FN4O2S/c28-19-9-10-20-22(17-29-24(20)16-19)18-11-14-31(15-12-18)25(33)8-2-1-5-13-32-26(34)21-6-3-4-7-23(21)30-27(32)35/h3-4,6-7,9-11,16-17,29H,1-2,5,8,12-15H2,(H,30,35). The van der Waals surface area contributed by atoms with E-state index in [9.17, 15) is 14.0 Å². The first-order chi connectivity index (χ1) is 17.0. The Hall–Kier alpha value is -3.52. The summed E-state index contributed by atoms with van der Waals surface area (Å²) in [4.78, 5) is 33.6. The molecular formula is C27H27FN4O2S. The third-order valence-corrected chi connectivity index (χ3v) is 7.04. The minimum Gasteiger partial charge on any atom is -0.360 e. The number of hydrogen-bond acceptors (Lipinski definition) is 3. The number of nitrogens with zero attached hydrogens (tertiary/aromatic N) is 2. The van der Waals surface area contributed by atoms with Gasteiger partial charge in [-0.3, -0.25) is 14.2 Å². The molecule has 1 amide bonds. The van der Waals surface area contributed by atoms with Gasteiger partial charge in [0.15, 0.2) is 4.77 Å². The van der Waals surface area contributed by atoms with Gasteiger partial charge in [-0.25, -0.2) is 4.39 Å². The maximum absolute atomic E-state index is 13.5. The average molecular weight is 491 g/mol. The number of aromatic nitrogens is 3. The molecule has 0 bridgehead atoms. The highest BCUT2D eigenvalue weighted by molar-refractivity contribution is 7.71. The third kappa shape index (κ3) is 4.84. The number of unbranched alkanes of at least 4 members (excludes halogenated alkanes) is 2. The summed E-state index contributed by atoms with van der Waals surface area (Å²) in [5.74, 6) is -0.103. The normalized spacial score (nSPS) is 14.0. The van der Waals surface area contributed by atoms with Crippen molar-refractivity contribution >= 4 is 45.5 Å². The maximum atomic E-state index is 13.5. The number of fused-ring (bicyclic) bond motifs is 2. The first kappa shape index (κ1) is 23.2. The third-order valence-electron chi connectivity index (χ3n) is 6.71. The van der Waals surface area contributed by atoms with Crippen LogP contribution in [0.15, 0.2) is 59.5 Å². The Labute approximate surface area is 207 Å². The molecule has 180 valence electrons. The van der Waals surface area contributed by atoms with Crippen LogP contribution in [0.3, 0.4) is 0 Å². The van der Waals surface area contributed by atoms with Crippen molar-refractivity contribution < 1.29 is 9.18 Å². The van der Waals surface area contributed by atoms with Gasteiger partial charge in [0.05, 0.1) is 10.9 Å². The van der Waals surface area contributed by atoms with E-state index in [0.717, 1.165) is 47.7 Å². The molecular weight excluding hydrogens is 463 g/mol. The quantitative estimate of drug-likeness (QED) is 0.263. The van der Waals surface area contributed by atoms with Crippen molar-refractivity contribution in [3.8, 4) is 0 Å². The van der Waals surface area contributed by atoms with Gasteiger partial charge in [0.1, 0.15) is 5.82 Å². The van der Waals surface area contributed by atoms with E-state index < -0.39 is 0 Å². The van der Waals surface area contributed by atoms with Crippen LogP contribution in [0.1, 0.15) is 37.7 Å². The van der Waals surface area contributed by atoms with E-state index in [1.807, 2.05) is 29.3 Å². The van der Waals surface area contributed by atoms with Crippen LogP contribution in [0.25, 0.3) is 27.4 Å². The van der Waals surface area contributed by atoms with E-state index in [-0.39, 0.29) is 17.3 Å². The van der Waals surface area contributed by atoms with Gasteiger partial charge in [0.2, 0.25) is 5.91 Å². The minimum absolute atomic E-state index is 0.0725. The van der Waals surface area contributed by atoms with Crippen molar-refractivity contribution in [3.05, 3.63) is 81.2 Å². The van der Waals surface area contributed by atoms with Crippen LogP contribution in [0.5, 0.6) is 0 Å². The number of carbonyl (C=O) groups excluding carboxylic acids is 1. The summed E-state index contributed by atoms with van der Waals surface area (Å²) in [7, 11) is 0. The van der Waals surface area contributed by atoms with Crippen molar-refractivity contribution in [1.82, 2.24) is 19.4 Å². The Kier molecular flexibility index (Phi) is 6.63. The molecule has 0 spiro atoms. The van der Waals surface area contributed by atoms with Gasteiger partial charge in [0.25, 0.3) is 5.56 Å². The SMILES string of the molecule is O=C(CCCCCn1c(=S)[nH]c2ccccc2c1=O)N1CC=C(c2c[nH]c3cc(F)ccc23)CC1. The molecule has 2 N–H and O–H groups in total. The van der Waals surface area contributed by atoms with Crippen molar-refractivity contribution in [2.75, 3.05) is 13.1 Å². The largest absolute Gasteiger partial charge is 0.360 e. The number of para-hydroxylation sites is 1. The number of carbonyl (C=O) groups is 1.